The van der Waals surface area contributed by atoms with Crippen LogP contribution in [0.4, 0.5) is 5.69 Å². The van der Waals surface area contributed by atoms with Gasteiger partial charge in [0.25, 0.3) is 0 Å². The maximum absolute atomic E-state index is 9.56. The van der Waals surface area contributed by atoms with Gasteiger partial charge in [0.1, 0.15) is 5.54 Å². The quantitative estimate of drug-likeness (QED) is 0.920. The van der Waals surface area contributed by atoms with Gasteiger partial charge in [-0.05, 0) is 53.9 Å². The SMILES string of the molecule is CCCN1CCC(C#N)(Nc2ccccc2Br)CC1. The van der Waals surface area contributed by atoms with Gasteiger partial charge in [-0.3, -0.25) is 0 Å². The first-order chi connectivity index (χ1) is 9.19. The van der Waals surface area contributed by atoms with Gasteiger partial charge in [0.15, 0.2) is 0 Å². The van der Waals surface area contributed by atoms with Gasteiger partial charge in [-0.1, -0.05) is 19.1 Å². The zero-order valence-corrected chi connectivity index (χ0v) is 12.9. The number of hydrogen-bond acceptors (Lipinski definition) is 3. The van der Waals surface area contributed by atoms with Gasteiger partial charge < -0.3 is 10.2 Å². The number of likely N-dealkylation sites (tertiary alicyclic amines) is 1. The highest BCUT2D eigenvalue weighted by Crippen LogP contribution is 2.30. The van der Waals surface area contributed by atoms with Crippen LogP contribution in [0.5, 0.6) is 0 Å². The Morgan fingerprint density at radius 2 is 2.05 bits per heavy atom. The summed E-state index contributed by atoms with van der Waals surface area (Å²) in [4.78, 5) is 2.44. The van der Waals surface area contributed by atoms with Crippen LogP contribution in [0.1, 0.15) is 26.2 Å². The van der Waals surface area contributed by atoms with Crippen LogP contribution in [-0.4, -0.2) is 30.1 Å². The fourth-order valence-electron chi connectivity index (χ4n) is 2.56. The topological polar surface area (TPSA) is 39.1 Å². The standard InChI is InChI=1S/C15H20BrN3/c1-2-9-19-10-7-15(12-17,8-11-19)18-14-6-4-3-5-13(14)16/h3-6,18H,2,7-11H2,1H3. The molecule has 1 aliphatic rings. The Kier molecular flexibility index (Phi) is 4.84. The number of anilines is 1. The van der Waals surface area contributed by atoms with E-state index in [2.05, 4.69) is 39.1 Å². The van der Waals surface area contributed by atoms with Crippen molar-refractivity contribution in [3.8, 4) is 6.07 Å². The van der Waals surface area contributed by atoms with Crippen LogP contribution in [0.2, 0.25) is 0 Å². The summed E-state index contributed by atoms with van der Waals surface area (Å²) < 4.78 is 1.01. The Hall–Kier alpha value is -1.05. The Morgan fingerprint density at radius 1 is 1.37 bits per heavy atom. The van der Waals surface area contributed by atoms with Crippen molar-refractivity contribution in [2.24, 2.45) is 0 Å². The molecule has 1 N–H and O–H groups in total. The number of para-hydroxylation sites is 1. The molecule has 0 radical (unpaired) electrons. The Morgan fingerprint density at radius 3 is 2.63 bits per heavy atom. The Balaban J connectivity index is 2.05. The minimum atomic E-state index is -0.423. The zero-order valence-electron chi connectivity index (χ0n) is 11.3. The van der Waals surface area contributed by atoms with E-state index in [1.807, 2.05) is 24.3 Å². The van der Waals surface area contributed by atoms with E-state index >= 15 is 0 Å². The number of nitrogens with zero attached hydrogens (tertiary/aromatic N) is 2. The molecule has 0 bridgehead atoms. The first-order valence-corrected chi connectivity index (χ1v) is 7.65. The summed E-state index contributed by atoms with van der Waals surface area (Å²) in [7, 11) is 0. The van der Waals surface area contributed by atoms with Gasteiger partial charge in [0.05, 0.1) is 6.07 Å². The van der Waals surface area contributed by atoms with Gasteiger partial charge >= 0.3 is 0 Å². The highest BCUT2D eigenvalue weighted by Gasteiger charge is 2.34. The third kappa shape index (κ3) is 3.49. The number of nitrogens with one attached hydrogen (secondary N) is 1. The summed E-state index contributed by atoms with van der Waals surface area (Å²) >= 11 is 3.53. The van der Waals surface area contributed by atoms with E-state index in [1.54, 1.807) is 0 Å². The molecule has 1 aromatic rings. The molecule has 1 aromatic carbocycles. The third-order valence-corrected chi connectivity index (χ3v) is 4.40. The van der Waals surface area contributed by atoms with Crippen molar-refractivity contribution < 1.29 is 0 Å². The van der Waals surface area contributed by atoms with Gasteiger partial charge in [-0.2, -0.15) is 5.26 Å². The van der Waals surface area contributed by atoms with Crippen molar-refractivity contribution in [3.05, 3.63) is 28.7 Å². The van der Waals surface area contributed by atoms with Crippen LogP contribution in [-0.2, 0) is 0 Å². The summed E-state index contributed by atoms with van der Waals surface area (Å²) in [5.41, 5.74) is 0.585. The zero-order chi connectivity index (χ0) is 13.7. The first-order valence-electron chi connectivity index (χ1n) is 6.85. The molecule has 1 fully saturated rings. The van der Waals surface area contributed by atoms with Crippen molar-refractivity contribution >= 4 is 21.6 Å². The molecular formula is C15H20BrN3. The van der Waals surface area contributed by atoms with Crippen LogP contribution in [0, 0.1) is 11.3 Å². The smallest absolute Gasteiger partial charge is 0.127 e. The summed E-state index contributed by atoms with van der Waals surface area (Å²) in [6.07, 6.45) is 2.94. The number of hydrogen-bond donors (Lipinski definition) is 1. The van der Waals surface area contributed by atoms with Crippen molar-refractivity contribution in [3.63, 3.8) is 0 Å². The number of rotatable bonds is 4. The molecule has 19 heavy (non-hydrogen) atoms. The lowest BCUT2D eigenvalue weighted by Gasteiger charge is -2.38. The molecular weight excluding hydrogens is 302 g/mol. The highest BCUT2D eigenvalue weighted by molar-refractivity contribution is 9.10. The molecule has 0 amide bonds. The van der Waals surface area contributed by atoms with Crippen molar-refractivity contribution in [1.82, 2.24) is 4.90 Å². The van der Waals surface area contributed by atoms with Crippen LogP contribution in [0.15, 0.2) is 28.7 Å². The molecule has 1 saturated heterocycles. The molecule has 102 valence electrons. The molecule has 2 rings (SSSR count). The lowest BCUT2D eigenvalue weighted by atomic mass is 9.88. The predicted octanol–water partition coefficient (Wildman–Crippen LogP) is 3.63. The van der Waals surface area contributed by atoms with Crippen LogP contribution < -0.4 is 5.32 Å². The van der Waals surface area contributed by atoms with Crippen molar-refractivity contribution in [2.75, 3.05) is 25.0 Å². The second kappa shape index (κ2) is 6.40. The van der Waals surface area contributed by atoms with Gasteiger partial charge in [-0.25, -0.2) is 0 Å². The maximum atomic E-state index is 9.56. The van der Waals surface area contributed by atoms with Crippen molar-refractivity contribution in [1.29, 1.82) is 5.26 Å². The summed E-state index contributed by atoms with van der Waals surface area (Å²) in [5.74, 6) is 0. The number of piperidine rings is 1. The van der Waals surface area contributed by atoms with E-state index in [0.717, 1.165) is 42.6 Å². The van der Waals surface area contributed by atoms with E-state index in [1.165, 1.54) is 6.42 Å². The molecule has 0 spiro atoms. The second-order valence-electron chi connectivity index (χ2n) is 5.14. The lowest BCUT2D eigenvalue weighted by molar-refractivity contribution is 0.197. The lowest BCUT2D eigenvalue weighted by Crippen LogP contribution is -2.48. The normalized spacial score (nSPS) is 18.8. The average molecular weight is 322 g/mol. The Labute approximate surface area is 123 Å². The molecule has 1 heterocycles. The Bertz CT molecular complexity index is 459. The summed E-state index contributed by atoms with van der Waals surface area (Å²) in [5, 5.41) is 13.0. The molecule has 4 heteroatoms. The molecule has 0 atom stereocenters. The summed E-state index contributed by atoms with van der Waals surface area (Å²) in [6, 6.07) is 10.5. The number of nitriles is 1. The monoisotopic (exact) mass is 321 g/mol. The summed E-state index contributed by atoms with van der Waals surface area (Å²) in [6.45, 7) is 5.33. The van der Waals surface area contributed by atoms with E-state index in [4.69, 9.17) is 0 Å². The second-order valence-corrected chi connectivity index (χ2v) is 5.99. The fraction of sp³-hybridized carbons (Fsp3) is 0.533. The maximum Gasteiger partial charge on any atom is 0.127 e. The number of halogens is 1. The molecule has 0 saturated carbocycles. The highest BCUT2D eigenvalue weighted by atomic mass is 79.9. The molecule has 3 nitrogen and oxygen atoms in total. The minimum Gasteiger partial charge on any atom is -0.366 e. The third-order valence-electron chi connectivity index (χ3n) is 3.71. The van der Waals surface area contributed by atoms with E-state index in [-0.39, 0.29) is 0 Å². The largest absolute Gasteiger partial charge is 0.366 e. The predicted molar refractivity (Wildman–Crippen MR) is 82.1 cm³/mol. The van der Waals surface area contributed by atoms with Crippen molar-refractivity contribution in [2.45, 2.75) is 31.7 Å². The minimum absolute atomic E-state index is 0.423. The molecule has 0 aliphatic carbocycles. The number of benzene rings is 1. The molecule has 1 aliphatic heterocycles. The average Bonchev–Trinajstić information content (AvgIpc) is 2.44. The first kappa shape index (κ1) is 14.4. The van der Waals surface area contributed by atoms with Gasteiger partial charge in [0, 0.05) is 23.2 Å². The van der Waals surface area contributed by atoms with Crippen LogP contribution in [0.3, 0.4) is 0 Å². The van der Waals surface area contributed by atoms with E-state index < -0.39 is 5.54 Å². The van der Waals surface area contributed by atoms with Crippen LogP contribution in [0.25, 0.3) is 0 Å². The van der Waals surface area contributed by atoms with Crippen LogP contribution >= 0.6 is 15.9 Å². The molecule has 0 unspecified atom stereocenters. The van der Waals surface area contributed by atoms with E-state index in [0.29, 0.717) is 0 Å². The van der Waals surface area contributed by atoms with Gasteiger partial charge in [0.2, 0.25) is 0 Å². The fourth-order valence-corrected chi connectivity index (χ4v) is 2.94. The van der Waals surface area contributed by atoms with Gasteiger partial charge in [-0.15, -0.1) is 0 Å². The molecule has 0 aromatic heterocycles. The van der Waals surface area contributed by atoms with E-state index in [9.17, 15) is 5.26 Å².